The van der Waals surface area contributed by atoms with Gasteiger partial charge in [-0.3, -0.25) is 4.79 Å². The maximum atomic E-state index is 14.0. The fourth-order valence-corrected chi connectivity index (χ4v) is 2.76. The van der Waals surface area contributed by atoms with Crippen LogP contribution >= 0.6 is 0 Å². The van der Waals surface area contributed by atoms with Gasteiger partial charge in [-0.05, 0) is 30.7 Å². The molecule has 3 aromatic rings. The number of hydrogen-bond acceptors (Lipinski definition) is 4. The Morgan fingerprint density at radius 3 is 2.34 bits per heavy atom. The molecule has 148 valence electrons. The number of para-hydroxylation sites is 1. The van der Waals surface area contributed by atoms with Gasteiger partial charge in [-0.1, -0.05) is 48.5 Å². The normalized spacial score (nSPS) is 11.4. The number of nitrogens with one attached hydrogen (secondary N) is 1. The molecule has 6 heteroatoms. The van der Waals surface area contributed by atoms with Gasteiger partial charge in [0.05, 0.1) is 12.7 Å². The summed E-state index contributed by atoms with van der Waals surface area (Å²) in [4.78, 5) is 24.8. The maximum absolute atomic E-state index is 14.0. The van der Waals surface area contributed by atoms with E-state index in [1.54, 1.807) is 12.1 Å². The predicted molar refractivity (Wildman–Crippen MR) is 108 cm³/mol. The highest BCUT2D eigenvalue weighted by atomic mass is 19.1. The average molecular weight is 393 g/mol. The third kappa shape index (κ3) is 4.79. The first-order valence-corrected chi connectivity index (χ1v) is 8.99. The van der Waals surface area contributed by atoms with Gasteiger partial charge in [-0.2, -0.15) is 0 Å². The molecule has 0 fully saturated rings. The third-order valence-corrected chi connectivity index (χ3v) is 4.32. The Morgan fingerprint density at radius 1 is 0.966 bits per heavy atom. The van der Waals surface area contributed by atoms with E-state index >= 15 is 0 Å². The molecule has 0 bridgehead atoms. The minimum atomic E-state index is -1.12. The zero-order valence-electron chi connectivity index (χ0n) is 16.0. The van der Waals surface area contributed by atoms with Crippen molar-refractivity contribution in [1.29, 1.82) is 0 Å². The molecule has 3 rings (SSSR count). The number of esters is 1. The Kier molecular flexibility index (Phi) is 6.24. The molecular formula is C23H20FNO4. The fourth-order valence-electron chi connectivity index (χ4n) is 2.76. The number of anilines is 1. The van der Waals surface area contributed by atoms with Crippen LogP contribution in [0.5, 0.6) is 5.75 Å². The second-order valence-corrected chi connectivity index (χ2v) is 6.29. The Balaban J connectivity index is 1.71. The lowest BCUT2D eigenvalue weighted by molar-refractivity contribution is -0.123. The molecule has 0 radical (unpaired) electrons. The third-order valence-electron chi connectivity index (χ3n) is 4.32. The summed E-state index contributed by atoms with van der Waals surface area (Å²) >= 11 is 0. The van der Waals surface area contributed by atoms with Gasteiger partial charge >= 0.3 is 5.97 Å². The van der Waals surface area contributed by atoms with Crippen LogP contribution in [0.1, 0.15) is 17.3 Å². The summed E-state index contributed by atoms with van der Waals surface area (Å²) in [5.41, 5.74) is 2.09. The molecule has 0 aliphatic heterocycles. The quantitative estimate of drug-likeness (QED) is 0.618. The standard InChI is InChI=1S/C23H20FNO4/c1-15(29-23(27)19-13-12-17(28-2)14-20(19)24)22(26)25-21-11-7-6-10-18(21)16-8-4-3-5-9-16/h3-15H,1-2H3,(H,25,26)/t15-/m1/s1. The monoisotopic (exact) mass is 393 g/mol. The van der Waals surface area contributed by atoms with Crippen molar-refractivity contribution in [3.05, 3.63) is 84.2 Å². The van der Waals surface area contributed by atoms with E-state index in [1.807, 2.05) is 42.5 Å². The Labute approximate surface area is 168 Å². The smallest absolute Gasteiger partial charge is 0.341 e. The van der Waals surface area contributed by atoms with Gasteiger partial charge in [-0.25, -0.2) is 9.18 Å². The van der Waals surface area contributed by atoms with Crippen LogP contribution in [0.2, 0.25) is 0 Å². The fraction of sp³-hybridized carbons (Fsp3) is 0.130. The van der Waals surface area contributed by atoms with Crippen molar-refractivity contribution in [2.45, 2.75) is 13.0 Å². The van der Waals surface area contributed by atoms with Gasteiger partial charge < -0.3 is 14.8 Å². The van der Waals surface area contributed by atoms with E-state index < -0.39 is 23.8 Å². The molecule has 0 aliphatic rings. The van der Waals surface area contributed by atoms with E-state index in [4.69, 9.17) is 9.47 Å². The number of hydrogen-bond donors (Lipinski definition) is 1. The van der Waals surface area contributed by atoms with Crippen LogP contribution < -0.4 is 10.1 Å². The van der Waals surface area contributed by atoms with Crippen LogP contribution in [0.3, 0.4) is 0 Å². The lowest BCUT2D eigenvalue weighted by Gasteiger charge is -2.16. The van der Waals surface area contributed by atoms with Crippen LogP contribution in [0.25, 0.3) is 11.1 Å². The van der Waals surface area contributed by atoms with Gasteiger partial charge in [-0.15, -0.1) is 0 Å². The zero-order chi connectivity index (χ0) is 20.8. The van der Waals surface area contributed by atoms with E-state index in [-0.39, 0.29) is 11.3 Å². The number of carbonyl (C=O) groups is 2. The largest absolute Gasteiger partial charge is 0.497 e. The van der Waals surface area contributed by atoms with E-state index in [0.717, 1.165) is 17.2 Å². The number of amides is 1. The average Bonchev–Trinajstić information content (AvgIpc) is 2.74. The zero-order valence-corrected chi connectivity index (χ0v) is 16.0. The van der Waals surface area contributed by atoms with Crippen molar-refractivity contribution in [1.82, 2.24) is 0 Å². The number of halogens is 1. The Bertz CT molecular complexity index is 1020. The van der Waals surface area contributed by atoms with Crippen LogP contribution in [0, 0.1) is 5.82 Å². The van der Waals surface area contributed by atoms with E-state index in [1.165, 1.54) is 26.2 Å². The molecule has 5 nitrogen and oxygen atoms in total. The van der Waals surface area contributed by atoms with Crippen molar-refractivity contribution in [3.8, 4) is 16.9 Å². The molecule has 1 amide bonds. The van der Waals surface area contributed by atoms with Gasteiger partial charge in [0, 0.05) is 17.3 Å². The number of carbonyl (C=O) groups excluding carboxylic acids is 2. The van der Waals surface area contributed by atoms with Crippen LogP contribution in [-0.4, -0.2) is 25.1 Å². The first-order valence-electron chi connectivity index (χ1n) is 8.99. The SMILES string of the molecule is COc1ccc(C(=O)O[C@H](C)C(=O)Nc2ccccc2-c2ccccc2)c(F)c1. The van der Waals surface area contributed by atoms with Crippen molar-refractivity contribution in [2.24, 2.45) is 0 Å². The molecule has 1 atom stereocenters. The molecule has 0 spiro atoms. The minimum absolute atomic E-state index is 0.268. The van der Waals surface area contributed by atoms with Gasteiger partial charge in [0.25, 0.3) is 5.91 Å². The minimum Gasteiger partial charge on any atom is -0.497 e. The lowest BCUT2D eigenvalue weighted by atomic mass is 10.0. The topological polar surface area (TPSA) is 64.6 Å². The molecule has 1 N–H and O–H groups in total. The molecule has 0 heterocycles. The van der Waals surface area contributed by atoms with E-state index in [2.05, 4.69) is 5.32 Å². The van der Waals surface area contributed by atoms with Gasteiger partial charge in [0.2, 0.25) is 0 Å². The molecule has 0 unspecified atom stereocenters. The predicted octanol–water partition coefficient (Wildman–Crippen LogP) is 4.69. The number of rotatable bonds is 6. The summed E-state index contributed by atoms with van der Waals surface area (Å²) < 4.78 is 24.1. The van der Waals surface area contributed by atoms with E-state index in [0.29, 0.717) is 5.69 Å². The van der Waals surface area contributed by atoms with Crippen LogP contribution in [0.4, 0.5) is 10.1 Å². The number of benzene rings is 3. The van der Waals surface area contributed by atoms with Gasteiger partial charge in [0.15, 0.2) is 6.10 Å². The maximum Gasteiger partial charge on any atom is 0.341 e. The molecule has 0 aromatic heterocycles. The highest BCUT2D eigenvalue weighted by molar-refractivity contribution is 6.00. The highest BCUT2D eigenvalue weighted by Gasteiger charge is 2.22. The summed E-state index contributed by atoms with van der Waals surface area (Å²) in [6.45, 7) is 1.43. The van der Waals surface area contributed by atoms with Crippen LogP contribution in [-0.2, 0) is 9.53 Å². The number of methoxy groups -OCH3 is 1. The van der Waals surface area contributed by atoms with Gasteiger partial charge in [0.1, 0.15) is 11.6 Å². The summed E-state index contributed by atoms with van der Waals surface area (Å²) in [6, 6.07) is 20.7. The number of ether oxygens (including phenoxy) is 2. The first kappa shape index (κ1) is 20.1. The van der Waals surface area contributed by atoms with Crippen molar-refractivity contribution in [3.63, 3.8) is 0 Å². The lowest BCUT2D eigenvalue weighted by Crippen LogP contribution is -2.30. The molecule has 3 aromatic carbocycles. The molecule has 0 aliphatic carbocycles. The molecular weight excluding hydrogens is 373 g/mol. The second kappa shape index (κ2) is 9.01. The van der Waals surface area contributed by atoms with Crippen LogP contribution in [0.15, 0.2) is 72.8 Å². The Hall–Kier alpha value is -3.67. The Morgan fingerprint density at radius 2 is 1.66 bits per heavy atom. The van der Waals surface area contributed by atoms with Crippen molar-refractivity contribution < 1.29 is 23.5 Å². The first-order chi connectivity index (χ1) is 14.0. The summed E-state index contributed by atoms with van der Waals surface area (Å²) in [7, 11) is 1.40. The summed E-state index contributed by atoms with van der Waals surface area (Å²) in [6.07, 6.45) is -1.12. The summed E-state index contributed by atoms with van der Waals surface area (Å²) in [5, 5.41) is 2.77. The molecule has 0 saturated carbocycles. The molecule has 0 saturated heterocycles. The van der Waals surface area contributed by atoms with Crippen molar-refractivity contribution >= 4 is 17.6 Å². The van der Waals surface area contributed by atoms with E-state index in [9.17, 15) is 14.0 Å². The molecule has 29 heavy (non-hydrogen) atoms. The van der Waals surface area contributed by atoms with Crippen molar-refractivity contribution in [2.75, 3.05) is 12.4 Å². The second-order valence-electron chi connectivity index (χ2n) is 6.29. The summed E-state index contributed by atoms with van der Waals surface area (Å²) in [5.74, 6) is -1.95. The highest BCUT2D eigenvalue weighted by Crippen LogP contribution is 2.27.